The van der Waals surface area contributed by atoms with Crippen LogP contribution in [-0.4, -0.2) is 67.9 Å². The van der Waals surface area contributed by atoms with Gasteiger partial charge in [0.25, 0.3) is 5.91 Å². The second-order valence-electron chi connectivity index (χ2n) is 6.99. The minimum atomic E-state index is -3.60. The Morgan fingerprint density at radius 1 is 1.23 bits per heavy atom. The Morgan fingerprint density at radius 2 is 1.88 bits per heavy atom. The fourth-order valence-electron chi connectivity index (χ4n) is 3.62. The molecule has 0 saturated carbocycles. The summed E-state index contributed by atoms with van der Waals surface area (Å²) in [6, 6.07) is 1.42. The van der Waals surface area contributed by atoms with Crippen molar-refractivity contribution in [2.24, 2.45) is 0 Å². The summed E-state index contributed by atoms with van der Waals surface area (Å²) in [7, 11) is -3.60. The van der Waals surface area contributed by atoms with Crippen molar-refractivity contribution in [3.63, 3.8) is 0 Å². The van der Waals surface area contributed by atoms with Gasteiger partial charge in [-0.2, -0.15) is 0 Å². The third-order valence-corrected chi connectivity index (χ3v) is 6.54. The molecular weight excluding hydrogens is 376 g/mol. The van der Waals surface area contributed by atoms with Gasteiger partial charge in [0.15, 0.2) is 0 Å². The molecule has 26 heavy (non-hydrogen) atoms. The zero-order chi connectivity index (χ0) is 17.9. The van der Waals surface area contributed by atoms with E-state index < -0.39 is 10.0 Å². The molecule has 0 bridgehead atoms. The molecule has 0 spiro atoms. The number of hydrogen-bond acceptors (Lipinski definition) is 4. The molecule has 148 valence electrons. The fraction of sp³-hybridized carbons (Fsp3) is 0.706. The van der Waals surface area contributed by atoms with Gasteiger partial charge in [0.05, 0.1) is 0 Å². The number of rotatable bonds is 6. The molecular formula is C17H29ClN4O3S. The molecule has 0 unspecified atom stereocenters. The number of sulfonamides is 1. The van der Waals surface area contributed by atoms with Crippen molar-refractivity contribution >= 4 is 28.3 Å². The van der Waals surface area contributed by atoms with Crippen LogP contribution in [0.3, 0.4) is 0 Å². The van der Waals surface area contributed by atoms with Crippen LogP contribution >= 0.6 is 12.4 Å². The first-order chi connectivity index (χ1) is 12.0. The molecule has 3 heterocycles. The molecule has 3 rings (SSSR count). The zero-order valence-corrected chi connectivity index (χ0v) is 16.9. The number of hydrogen-bond donors (Lipinski definition) is 2. The highest BCUT2D eigenvalue weighted by atomic mass is 35.5. The predicted octanol–water partition coefficient (Wildman–Crippen LogP) is 1.83. The lowest BCUT2D eigenvalue weighted by atomic mass is 10.1. The van der Waals surface area contributed by atoms with E-state index in [1.54, 1.807) is 4.90 Å². The number of halogens is 1. The summed E-state index contributed by atoms with van der Waals surface area (Å²) in [4.78, 5) is 19.5. The summed E-state index contributed by atoms with van der Waals surface area (Å²) < 4.78 is 28.0. The molecule has 0 atom stereocenters. The highest BCUT2D eigenvalue weighted by molar-refractivity contribution is 7.89. The van der Waals surface area contributed by atoms with E-state index in [1.807, 2.05) is 0 Å². The van der Waals surface area contributed by atoms with Crippen LogP contribution in [0.25, 0.3) is 0 Å². The lowest BCUT2D eigenvalue weighted by molar-refractivity contribution is 0.0787. The van der Waals surface area contributed by atoms with Crippen LogP contribution in [0, 0.1) is 0 Å². The second-order valence-corrected chi connectivity index (χ2v) is 8.70. The third-order valence-electron chi connectivity index (χ3n) is 5.04. The maximum Gasteiger partial charge on any atom is 0.270 e. The molecule has 0 aromatic carbocycles. The molecule has 2 aliphatic rings. The number of nitrogens with one attached hydrogen (secondary N) is 2. The topological polar surface area (TPSA) is 85.5 Å². The minimum Gasteiger partial charge on any atom is -0.356 e. The monoisotopic (exact) mass is 404 g/mol. The van der Waals surface area contributed by atoms with E-state index in [0.717, 1.165) is 64.8 Å². The average molecular weight is 405 g/mol. The molecule has 0 radical (unpaired) electrons. The quantitative estimate of drug-likeness (QED) is 0.757. The summed E-state index contributed by atoms with van der Waals surface area (Å²) >= 11 is 0. The smallest absolute Gasteiger partial charge is 0.270 e. The Balaban J connectivity index is 0.00000243. The van der Waals surface area contributed by atoms with Crippen molar-refractivity contribution in [2.75, 3.05) is 32.7 Å². The van der Waals surface area contributed by atoms with E-state index >= 15 is 0 Å². The van der Waals surface area contributed by atoms with Gasteiger partial charge in [-0.25, -0.2) is 13.1 Å². The van der Waals surface area contributed by atoms with Crippen molar-refractivity contribution in [1.82, 2.24) is 19.5 Å². The number of amides is 1. The Morgan fingerprint density at radius 3 is 2.50 bits per heavy atom. The van der Waals surface area contributed by atoms with Crippen LogP contribution in [0.2, 0.25) is 0 Å². The molecule has 7 nitrogen and oxygen atoms in total. The van der Waals surface area contributed by atoms with Gasteiger partial charge in [-0.3, -0.25) is 4.79 Å². The average Bonchev–Trinajstić information content (AvgIpc) is 3.28. The van der Waals surface area contributed by atoms with Crippen molar-refractivity contribution in [3.8, 4) is 0 Å². The molecule has 0 aliphatic carbocycles. The Hall–Kier alpha value is -1.09. The lowest BCUT2D eigenvalue weighted by Gasteiger charge is -2.31. The number of carbonyl (C=O) groups excluding carboxylic acids is 1. The van der Waals surface area contributed by atoms with Crippen molar-refractivity contribution in [2.45, 2.75) is 50.0 Å². The van der Waals surface area contributed by atoms with Gasteiger partial charge in [-0.1, -0.05) is 6.92 Å². The van der Waals surface area contributed by atoms with E-state index in [2.05, 4.69) is 21.5 Å². The largest absolute Gasteiger partial charge is 0.356 e. The fourth-order valence-corrected chi connectivity index (χ4v) is 4.92. The number of carbonyl (C=O) groups is 1. The van der Waals surface area contributed by atoms with E-state index in [9.17, 15) is 13.2 Å². The highest BCUT2D eigenvalue weighted by Crippen LogP contribution is 2.18. The SMILES string of the molecule is CCCN1CCC(NS(=O)(=O)c2c[nH]c(C(=O)N3CCCC3)c2)CC1.Cl. The van der Waals surface area contributed by atoms with Gasteiger partial charge >= 0.3 is 0 Å². The van der Waals surface area contributed by atoms with Crippen LogP contribution < -0.4 is 4.72 Å². The first-order valence-corrected chi connectivity index (χ1v) is 10.7. The maximum absolute atomic E-state index is 12.6. The predicted molar refractivity (Wildman–Crippen MR) is 103 cm³/mol. The van der Waals surface area contributed by atoms with Gasteiger partial charge in [0.1, 0.15) is 10.6 Å². The van der Waals surface area contributed by atoms with E-state index in [0.29, 0.717) is 5.69 Å². The lowest BCUT2D eigenvalue weighted by Crippen LogP contribution is -2.44. The van der Waals surface area contributed by atoms with Gasteiger partial charge in [-0.05, 0) is 57.8 Å². The highest BCUT2D eigenvalue weighted by Gasteiger charge is 2.27. The molecule has 1 amide bonds. The van der Waals surface area contributed by atoms with E-state index in [4.69, 9.17) is 0 Å². The van der Waals surface area contributed by atoms with Gasteiger partial charge in [-0.15, -0.1) is 12.4 Å². The summed E-state index contributed by atoms with van der Waals surface area (Å²) in [6.45, 7) is 6.56. The van der Waals surface area contributed by atoms with E-state index in [-0.39, 0.29) is 29.3 Å². The Bertz CT molecular complexity index is 693. The molecule has 2 saturated heterocycles. The number of aromatic amines is 1. The van der Waals surface area contributed by atoms with Crippen LogP contribution in [0.1, 0.15) is 49.5 Å². The van der Waals surface area contributed by atoms with Crippen LogP contribution in [0.5, 0.6) is 0 Å². The van der Waals surface area contributed by atoms with Crippen molar-refractivity contribution in [3.05, 3.63) is 18.0 Å². The molecule has 2 N–H and O–H groups in total. The van der Waals surface area contributed by atoms with Gasteiger partial charge in [0.2, 0.25) is 10.0 Å². The van der Waals surface area contributed by atoms with Crippen molar-refractivity contribution < 1.29 is 13.2 Å². The number of aromatic nitrogens is 1. The molecule has 9 heteroatoms. The summed E-state index contributed by atoms with van der Waals surface area (Å²) in [5.41, 5.74) is 0.347. The van der Waals surface area contributed by atoms with Gasteiger partial charge < -0.3 is 14.8 Å². The third kappa shape index (κ3) is 5.00. The molecule has 2 aliphatic heterocycles. The summed E-state index contributed by atoms with van der Waals surface area (Å²) in [5.74, 6) is -0.119. The van der Waals surface area contributed by atoms with Crippen LogP contribution in [0.15, 0.2) is 17.2 Å². The molecule has 1 aromatic heterocycles. The number of piperidine rings is 1. The maximum atomic E-state index is 12.6. The molecule has 2 fully saturated rings. The van der Waals surface area contributed by atoms with Crippen molar-refractivity contribution in [1.29, 1.82) is 0 Å². The Labute approximate surface area is 162 Å². The minimum absolute atomic E-state index is 0. The standard InChI is InChI=1S/C17H28N4O3S.ClH/c1-2-7-20-10-5-14(6-11-20)19-25(23,24)15-12-16(18-13-15)17(22)21-8-3-4-9-21;/h12-14,18-19H,2-11H2,1H3;1H. The van der Waals surface area contributed by atoms with Crippen LogP contribution in [0.4, 0.5) is 0 Å². The number of nitrogens with zero attached hydrogens (tertiary/aromatic N) is 2. The summed E-state index contributed by atoms with van der Waals surface area (Å²) in [6.07, 6.45) is 6.20. The summed E-state index contributed by atoms with van der Waals surface area (Å²) in [5, 5.41) is 0. The van der Waals surface area contributed by atoms with Crippen LogP contribution in [-0.2, 0) is 10.0 Å². The normalized spacial score (nSPS) is 19.5. The number of H-pyrrole nitrogens is 1. The first kappa shape index (κ1) is 21.2. The zero-order valence-electron chi connectivity index (χ0n) is 15.2. The first-order valence-electron chi connectivity index (χ1n) is 9.22. The Kier molecular flexibility index (Phi) is 7.52. The number of likely N-dealkylation sites (tertiary alicyclic amines) is 2. The molecule has 1 aromatic rings. The van der Waals surface area contributed by atoms with E-state index in [1.165, 1.54) is 12.3 Å². The van der Waals surface area contributed by atoms with Gasteiger partial charge in [0, 0.05) is 25.3 Å². The second kappa shape index (κ2) is 9.21.